The van der Waals surface area contributed by atoms with E-state index in [9.17, 15) is 23.1 Å². The van der Waals surface area contributed by atoms with Gasteiger partial charge in [0.25, 0.3) is 5.91 Å². The van der Waals surface area contributed by atoms with E-state index in [1.807, 2.05) is 0 Å². The monoisotopic (exact) mass is 387 g/mol. The van der Waals surface area contributed by atoms with E-state index in [2.05, 4.69) is 5.43 Å². The van der Waals surface area contributed by atoms with E-state index in [0.29, 0.717) is 13.0 Å². The summed E-state index contributed by atoms with van der Waals surface area (Å²) in [5.41, 5.74) is 0.506. The van der Waals surface area contributed by atoms with Crippen LogP contribution in [0.1, 0.15) is 36.8 Å². The Kier molecular flexibility index (Phi) is 5.49. The number of ether oxygens (including phenoxy) is 1. The number of hydrogen-bond donors (Lipinski definition) is 2. The van der Waals surface area contributed by atoms with Crippen molar-refractivity contribution in [2.45, 2.75) is 49.9 Å². The highest BCUT2D eigenvalue weighted by atomic mass is 19.4. The number of rotatable bonds is 2. The van der Waals surface area contributed by atoms with Crippen LogP contribution in [0.2, 0.25) is 0 Å². The third kappa shape index (κ3) is 3.96. The predicted molar refractivity (Wildman–Crippen MR) is 91.0 cm³/mol. The second kappa shape index (κ2) is 7.38. The first-order valence-corrected chi connectivity index (χ1v) is 8.92. The van der Waals surface area contributed by atoms with Crippen molar-refractivity contribution in [2.75, 3.05) is 20.6 Å². The molecule has 3 unspecified atom stereocenters. The Bertz CT molecular complexity index is 698. The van der Waals surface area contributed by atoms with Crippen LogP contribution in [0.5, 0.6) is 0 Å². The summed E-state index contributed by atoms with van der Waals surface area (Å²) in [6.45, 7) is 0.563. The molecule has 0 radical (unpaired) electrons. The number of fused-ring (bicyclic) bond motifs is 1. The van der Waals surface area contributed by atoms with Crippen molar-refractivity contribution < 1.29 is 27.8 Å². The van der Waals surface area contributed by atoms with Crippen LogP contribution in [-0.4, -0.2) is 53.9 Å². The second-order valence-corrected chi connectivity index (χ2v) is 7.19. The van der Waals surface area contributed by atoms with E-state index >= 15 is 0 Å². The lowest BCUT2D eigenvalue weighted by molar-refractivity contribution is -0.287. The van der Waals surface area contributed by atoms with Crippen LogP contribution < -0.4 is 5.43 Å². The van der Waals surface area contributed by atoms with E-state index in [0.717, 1.165) is 25.0 Å². The zero-order valence-electron chi connectivity index (χ0n) is 15.3. The lowest BCUT2D eigenvalue weighted by atomic mass is 9.91. The zero-order chi connectivity index (χ0) is 19.8. The van der Waals surface area contributed by atoms with Gasteiger partial charge < -0.3 is 14.7 Å². The molecule has 2 aliphatic heterocycles. The molecule has 2 fully saturated rings. The van der Waals surface area contributed by atoms with Gasteiger partial charge in [-0.2, -0.15) is 18.2 Å². The maximum absolute atomic E-state index is 13.2. The quantitative estimate of drug-likeness (QED) is 0.813. The smallest absolute Gasteiger partial charge is 0.370 e. The third-order valence-corrected chi connectivity index (χ3v) is 5.01. The number of nitrogens with one attached hydrogen (secondary N) is 1. The van der Waals surface area contributed by atoms with Crippen LogP contribution in [0.4, 0.5) is 13.2 Å². The van der Waals surface area contributed by atoms with Crippen LogP contribution in [-0.2, 0) is 21.4 Å². The molecule has 2 heterocycles. The van der Waals surface area contributed by atoms with E-state index in [-0.39, 0.29) is 17.9 Å². The number of benzene rings is 1. The number of nitrogens with zero attached hydrogens (tertiary/aromatic N) is 2. The van der Waals surface area contributed by atoms with E-state index in [1.165, 1.54) is 22.0 Å². The Morgan fingerprint density at radius 3 is 2.78 bits per heavy atom. The molecule has 0 saturated carbocycles. The summed E-state index contributed by atoms with van der Waals surface area (Å²) < 4.78 is 45.4. The van der Waals surface area contributed by atoms with Crippen LogP contribution in [0.3, 0.4) is 0 Å². The van der Waals surface area contributed by atoms with Gasteiger partial charge in [0.1, 0.15) is 12.3 Å². The lowest BCUT2D eigenvalue weighted by Crippen LogP contribution is -2.65. The number of alkyl halides is 3. The molecular weight excluding hydrogens is 363 g/mol. The minimum Gasteiger partial charge on any atom is -0.370 e. The van der Waals surface area contributed by atoms with E-state index < -0.39 is 29.8 Å². The fourth-order valence-electron chi connectivity index (χ4n) is 3.60. The molecule has 0 aliphatic carbocycles. The van der Waals surface area contributed by atoms with Gasteiger partial charge in [-0.15, -0.1) is 0 Å². The molecule has 0 bridgehead atoms. The molecule has 1 aromatic carbocycles. The van der Waals surface area contributed by atoms with Crippen molar-refractivity contribution in [3.05, 3.63) is 35.4 Å². The number of amides is 1. The molecule has 0 spiro atoms. The van der Waals surface area contributed by atoms with Crippen LogP contribution in [0.15, 0.2) is 24.3 Å². The molecule has 9 heteroatoms. The Balaban J connectivity index is 2.03. The highest BCUT2D eigenvalue weighted by Crippen LogP contribution is 2.41. The summed E-state index contributed by atoms with van der Waals surface area (Å²) in [5, 5.41) is 13.0. The standard InChI is InChI=1S/C18H24F3N3O3/c1-23(2)16(25)14-11-17(26,24-15(27-14)8-3-4-9-22-24)12-6-5-7-13(10-12)18(19,20)21/h5-7,10,14-15,22,26H,3-4,8-9,11H2,1-2H3. The molecule has 2 aliphatic rings. The molecule has 1 aromatic rings. The largest absolute Gasteiger partial charge is 0.416 e. The van der Waals surface area contributed by atoms with Gasteiger partial charge in [-0.1, -0.05) is 12.1 Å². The van der Waals surface area contributed by atoms with Gasteiger partial charge in [-0.25, -0.2) is 0 Å². The molecule has 2 N–H and O–H groups in total. The Hall–Kier alpha value is -1.68. The highest BCUT2D eigenvalue weighted by Gasteiger charge is 2.51. The maximum atomic E-state index is 13.2. The molecule has 0 aromatic heterocycles. The summed E-state index contributed by atoms with van der Waals surface area (Å²) in [4.78, 5) is 13.8. The Labute approximate surface area is 155 Å². The van der Waals surface area contributed by atoms with Gasteiger partial charge in [0, 0.05) is 32.6 Å². The molecule has 6 nitrogen and oxygen atoms in total. The minimum atomic E-state index is -4.53. The number of hydrazine groups is 1. The fourth-order valence-corrected chi connectivity index (χ4v) is 3.60. The lowest BCUT2D eigenvalue weighted by Gasteiger charge is -2.49. The van der Waals surface area contributed by atoms with Gasteiger partial charge in [-0.05, 0) is 31.4 Å². The minimum absolute atomic E-state index is 0.0802. The third-order valence-electron chi connectivity index (χ3n) is 5.01. The first-order valence-electron chi connectivity index (χ1n) is 8.92. The first kappa shape index (κ1) is 20.1. The van der Waals surface area contributed by atoms with Gasteiger partial charge in [0.15, 0.2) is 5.72 Å². The summed E-state index contributed by atoms with van der Waals surface area (Å²) in [6.07, 6.45) is -4.05. The van der Waals surface area contributed by atoms with Gasteiger partial charge in [0.2, 0.25) is 0 Å². The molecular formula is C18H24F3N3O3. The van der Waals surface area contributed by atoms with Crippen molar-refractivity contribution in [1.82, 2.24) is 15.3 Å². The van der Waals surface area contributed by atoms with Crippen molar-refractivity contribution in [2.24, 2.45) is 0 Å². The number of hydrogen-bond acceptors (Lipinski definition) is 5. The molecule has 150 valence electrons. The van der Waals surface area contributed by atoms with Crippen LogP contribution >= 0.6 is 0 Å². The first-order chi connectivity index (χ1) is 12.6. The van der Waals surface area contributed by atoms with Crippen molar-refractivity contribution in [3.63, 3.8) is 0 Å². The zero-order valence-corrected chi connectivity index (χ0v) is 15.3. The van der Waals surface area contributed by atoms with E-state index in [4.69, 9.17) is 4.74 Å². The maximum Gasteiger partial charge on any atom is 0.416 e. The average Bonchev–Trinajstić information content (AvgIpc) is 2.86. The summed E-state index contributed by atoms with van der Waals surface area (Å²) in [6, 6.07) is 4.61. The summed E-state index contributed by atoms with van der Waals surface area (Å²) in [7, 11) is 3.15. The van der Waals surface area contributed by atoms with Crippen molar-refractivity contribution >= 4 is 5.91 Å². The van der Waals surface area contributed by atoms with Gasteiger partial charge in [0.05, 0.1) is 5.56 Å². The van der Waals surface area contributed by atoms with Crippen LogP contribution in [0, 0.1) is 0 Å². The topological polar surface area (TPSA) is 65.0 Å². The molecule has 3 atom stereocenters. The second-order valence-electron chi connectivity index (χ2n) is 7.19. The van der Waals surface area contributed by atoms with Gasteiger partial charge in [-0.3, -0.25) is 10.2 Å². The molecule has 27 heavy (non-hydrogen) atoms. The Morgan fingerprint density at radius 2 is 2.11 bits per heavy atom. The van der Waals surface area contributed by atoms with Crippen LogP contribution in [0.25, 0.3) is 0 Å². The molecule has 2 saturated heterocycles. The summed E-state index contributed by atoms with van der Waals surface area (Å²) >= 11 is 0. The highest BCUT2D eigenvalue weighted by molar-refractivity contribution is 5.80. The van der Waals surface area contributed by atoms with E-state index in [1.54, 1.807) is 14.1 Å². The van der Waals surface area contributed by atoms with Crippen molar-refractivity contribution in [3.8, 4) is 0 Å². The predicted octanol–water partition coefficient (Wildman–Crippen LogP) is 2.04. The molecule has 3 rings (SSSR count). The average molecular weight is 387 g/mol. The van der Waals surface area contributed by atoms with Gasteiger partial charge >= 0.3 is 6.18 Å². The fraction of sp³-hybridized carbons (Fsp3) is 0.611. The van der Waals surface area contributed by atoms with Crippen molar-refractivity contribution in [1.29, 1.82) is 0 Å². The molecule has 1 amide bonds. The number of carbonyl (C=O) groups excluding carboxylic acids is 1. The number of carbonyl (C=O) groups is 1. The Morgan fingerprint density at radius 1 is 1.37 bits per heavy atom. The number of halogens is 3. The number of likely N-dealkylation sites (N-methyl/N-ethyl adjacent to an activating group) is 1. The number of aliphatic hydroxyl groups is 1. The SMILES string of the molecule is CN(C)C(=O)C1CC(O)(c2cccc(C(F)(F)F)c2)N2NCCCCC2O1. The normalized spacial score (nSPS) is 29.7. The summed E-state index contributed by atoms with van der Waals surface area (Å²) in [5.74, 6) is -0.329.